The van der Waals surface area contributed by atoms with Crippen LogP contribution in [0.3, 0.4) is 0 Å². The number of nitrogens with zero attached hydrogens (tertiary/aromatic N) is 1. The lowest BCUT2D eigenvalue weighted by Crippen LogP contribution is -1.98. The van der Waals surface area contributed by atoms with Crippen molar-refractivity contribution in [1.29, 1.82) is 0 Å². The predicted molar refractivity (Wildman–Crippen MR) is 63.8 cm³/mol. The molecule has 0 aliphatic rings. The summed E-state index contributed by atoms with van der Waals surface area (Å²) in [5.41, 5.74) is 1.13. The van der Waals surface area contributed by atoms with Gasteiger partial charge in [-0.3, -0.25) is 0 Å². The normalized spacial score (nSPS) is 12.7. The van der Waals surface area contributed by atoms with E-state index in [9.17, 15) is 0 Å². The third-order valence-electron chi connectivity index (χ3n) is 2.79. The molecule has 0 saturated heterocycles. The van der Waals surface area contributed by atoms with Gasteiger partial charge in [0.05, 0.1) is 7.11 Å². The fraction of sp³-hybridized carbons (Fsp3) is 0.308. The minimum absolute atomic E-state index is 0.156. The highest BCUT2D eigenvalue weighted by Gasteiger charge is 2.07. The second-order valence-electron chi connectivity index (χ2n) is 3.88. The number of hydrogen-bond donors (Lipinski definition) is 1. The molecule has 2 aromatic rings. The fourth-order valence-corrected chi connectivity index (χ4v) is 1.74. The molecule has 16 heavy (non-hydrogen) atoms. The van der Waals surface area contributed by atoms with Crippen LogP contribution in [0.25, 0.3) is 10.8 Å². The summed E-state index contributed by atoms with van der Waals surface area (Å²) < 4.78 is 5.19. The summed E-state index contributed by atoms with van der Waals surface area (Å²) in [7, 11) is 1.62. The monoisotopic (exact) mass is 217 g/mol. The molecule has 0 amide bonds. The number of benzene rings is 1. The third kappa shape index (κ3) is 1.86. The van der Waals surface area contributed by atoms with Crippen LogP contribution in [0.15, 0.2) is 30.5 Å². The van der Waals surface area contributed by atoms with E-state index in [1.54, 1.807) is 13.3 Å². The van der Waals surface area contributed by atoms with Crippen molar-refractivity contribution in [2.45, 2.75) is 12.8 Å². The molecule has 1 unspecified atom stereocenters. The van der Waals surface area contributed by atoms with E-state index >= 15 is 0 Å². The van der Waals surface area contributed by atoms with E-state index in [1.165, 1.54) is 0 Å². The van der Waals surface area contributed by atoms with Gasteiger partial charge in [-0.2, -0.15) is 0 Å². The Hall–Kier alpha value is -1.61. The lowest BCUT2D eigenvalue weighted by Gasteiger charge is -2.10. The summed E-state index contributed by atoms with van der Waals surface area (Å²) >= 11 is 0. The summed E-state index contributed by atoms with van der Waals surface area (Å²) in [5.74, 6) is 0.796. The number of methoxy groups -OCH3 is 1. The van der Waals surface area contributed by atoms with E-state index in [4.69, 9.17) is 9.84 Å². The third-order valence-corrected chi connectivity index (χ3v) is 2.79. The maximum atomic E-state index is 9.12. The van der Waals surface area contributed by atoms with Crippen molar-refractivity contribution in [2.24, 2.45) is 0 Å². The number of pyridine rings is 1. The van der Waals surface area contributed by atoms with E-state index in [0.717, 1.165) is 16.3 Å². The molecule has 2 rings (SSSR count). The van der Waals surface area contributed by atoms with E-state index < -0.39 is 0 Å². The van der Waals surface area contributed by atoms with Gasteiger partial charge >= 0.3 is 0 Å². The lowest BCUT2D eigenvalue weighted by atomic mass is 9.99. The van der Waals surface area contributed by atoms with E-state index in [2.05, 4.69) is 11.1 Å². The second-order valence-corrected chi connectivity index (χ2v) is 3.88. The summed E-state index contributed by atoms with van der Waals surface area (Å²) in [6.07, 6.45) is 1.73. The molecule has 0 bridgehead atoms. The van der Waals surface area contributed by atoms with Crippen LogP contribution in [0.1, 0.15) is 18.4 Å². The summed E-state index contributed by atoms with van der Waals surface area (Å²) in [4.78, 5) is 4.15. The minimum Gasteiger partial charge on any atom is -0.481 e. The minimum atomic E-state index is 0.156. The van der Waals surface area contributed by atoms with Crippen LogP contribution in [0.4, 0.5) is 0 Å². The van der Waals surface area contributed by atoms with Gasteiger partial charge in [-0.05, 0) is 23.1 Å². The molecule has 3 nitrogen and oxygen atoms in total. The largest absolute Gasteiger partial charge is 0.481 e. The van der Waals surface area contributed by atoms with Crippen molar-refractivity contribution in [1.82, 2.24) is 4.98 Å². The molecular formula is C13H15NO2. The maximum absolute atomic E-state index is 9.12. The van der Waals surface area contributed by atoms with E-state index in [0.29, 0.717) is 5.88 Å². The second kappa shape index (κ2) is 4.49. The van der Waals surface area contributed by atoms with Crippen LogP contribution in [-0.4, -0.2) is 23.8 Å². The molecule has 1 N–H and O–H groups in total. The first-order valence-electron chi connectivity index (χ1n) is 5.29. The van der Waals surface area contributed by atoms with E-state index in [1.807, 2.05) is 25.1 Å². The number of ether oxygens (including phenoxy) is 1. The standard InChI is InChI=1S/C13H15NO2/c1-9(8-15)10-3-4-12-11(7-10)5-6-14-13(12)16-2/h3-7,9,15H,8H2,1-2H3. The molecule has 1 aromatic heterocycles. The molecular weight excluding hydrogens is 202 g/mol. The zero-order chi connectivity index (χ0) is 11.5. The summed E-state index contributed by atoms with van der Waals surface area (Å²) in [6, 6.07) is 8.02. The fourth-order valence-electron chi connectivity index (χ4n) is 1.74. The zero-order valence-corrected chi connectivity index (χ0v) is 9.47. The number of hydrogen-bond acceptors (Lipinski definition) is 3. The molecule has 0 fully saturated rings. The molecule has 1 atom stereocenters. The molecule has 0 radical (unpaired) electrons. The quantitative estimate of drug-likeness (QED) is 0.858. The van der Waals surface area contributed by atoms with Gasteiger partial charge in [0, 0.05) is 24.1 Å². The van der Waals surface area contributed by atoms with Crippen molar-refractivity contribution >= 4 is 10.8 Å². The number of fused-ring (bicyclic) bond motifs is 1. The van der Waals surface area contributed by atoms with Crippen LogP contribution in [-0.2, 0) is 0 Å². The van der Waals surface area contributed by atoms with Gasteiger partial charge in [-0.15, -0.1) is 0 Å². The Morgan fingerprint density at radius 1 is 1.38 bits per heavy atom. The maximum Gasteiger partial charge on any atom is 0.221 e. The molecule has 0 aliphatic carbocycles. The highest BCUT2D eigenvalue weighted by atomic mass is 16.5. The van der Waals surface area contributed by atoms with Crippen molar-refractivity contribution in [3.63, 3.8) is 0 Å². The Morgan fingerprint density at radius 3 is 2.88 bits per heavy atom. The van der Waals surface area contributed by atoms with Crippen molar-refractivity contribution < 1.29 is 9.84 Å². The van der Waals surface area contributed by atoms with Gasteiger partial charge < -0.3 is 9.84 Å². The van der Waals surface area contributed by atoms with Crippen LogP contribution in [0, 0.1) is 0 Å². The van der Waals surface area contributed by atoms with E-state index in [-0.39, 0.29) is 12.5 Å². The first-order valence-corrected chi connectivity index (χ1v) is 5.29. The first-order chi connectivity index (χ1) is 7.76. The molecule has 3 heteroatoms. The smallest absolute Gasteiger partial charge is 0.221 e. The van der Waals surface area contributed by atoms with Gasteiger partial charge in [0.2, 0.25) is 5.88 Å². The van der Waals surface area contributed by atoms with Crippen LogP contribution in [0.5, 0.6) is 5.88 Å². The number of aliphatic hydroxyl groups excluding tert-OH is 1. The van der Waals surface area contributed by atoms with Crippen LogP contribution < -0.4 is 4.74 Å². The highest BCUT2D eigenvalue weighted by molar-refractivity contribution is 5.87. The molecule has 1 heterocycles. The lowest BCUT2D eigenvalue weighted by molar-refractivity contribution is 0.273. The van der Waals surface area contributed by atoms with Crippen molar-refractivity contribution in [3.05, 3.63) is 36.0 Å². The van der Waals surface area contributed by atoms with Gasteiger partial charge in [0.15, 0.2) is 0 Å². The highest BCUT2D eigenvalue weighted by Crippen LogP contribution is 2.26. The Kier molecular flexibility index (Phi) is 3.06. The Labute approximate surface area is 94.7 Å². The zero-order valence-electron chi connectivity index (χ0n) is 9.47. The van der Waals surface area contributed by atoms with Crippen molar-refractivity contribution in [2.75, 3.05) is 13.7 Å². The molecule has 1 aromatic carbocycles. The van der Waals surface area contributed by atoms with Crippen LogP contribution >= 0.6 is 0 Å². The van der Waals surface area contributed by atoms with Gasteiger partial charge in [-0.1, -0.05) is 19.1 Å². The first kappa shape index (κ1) is 10.9. The molecule has 0 spiro atoms. The number of aromatic nitrogens is 1. The topological polar surface area (TPSA) is 42.4 Å². The Bertz CT molecular complexity index is 496. The Morgan fingerprint density at radius 2 is 2.19 bits per heavy atom. The Balaban J connectivity index is 2.55. The summed E-state index contributed by atoms with van der Waals surface area (Å²) in [5, 5.41) is 11.2. The van der Waals surface area contributed by atoms with Crippen molar-refractivity contribution in [3.8, 4) is 5.88 Å². The van der Waals surface area contributed by atoms with Gasteiger partial charge in [-0.25, -0.2) is 4.98 Å². The molecule has 84 valence electrons. The summed E-state index contributed by atoms with van der Waals surface area (Å²) in [6.45, 7) is 2.16. The average molecular weight is 217 g/mol. The van der Waals surface area contributed by atoms with Crippen LogP contribution in [0.2, 0.25) is 0 Å². The molecule has 0 saturated carbocycles. The SMILES string of the molecule is COc1nccc2cc(C(C)CO)ccc12. The molecule has 0 aliphatic heterocycles. The average Bonchev–Trinajstić information content (AvgIpc) is 2.36. The number of rotatable bonds is 3. The number of aliphatic hydroxyl groups is 1. The van der Waals surface area contributed by atoms with Gasteiger partial charge in [0.1, 0.15) is 0 Å². The van der Waals surface area contributed by atoms with Gasteiger partial charge in [0.25, 0.3) is 0 Å². The predicted octanol–water partition coefficient (Wildman–Crippen LogP) is 2.34.